The average Bonchev–Trinajstić information content (AvgIpc) is 3.08. The van der Waals surface area contributed by atoms with E-state index in [9.17, 15) is 9.90 Å². The number of nitrogens with two attached hydrogens (primary N) is 1. The second-order valence-electron chi connectivity index (χ2n) is 6.48. The molecule has 0 saturated carbocycles. The fourth-order valence-electron chi connectivity index (χ4n) is 2.87. The highest BCUT2D eigenvalue weighted by Crippen LogP contribution is 2.26. The highest BCUT2D eigenvalue weighted by molar-refractivity contribution is 7.99. The largest absolute Gasteiger partial charge is 0.480 e. The van der Waals surface area contributed by atoms with Crippen molar-refractivity contribution in [1.82, 2.24) is 19.5 Å². The highest BCUT2D eigenvalue weighted by Gasteiger charge is 2.17. The van der Waals surface area contributed by atoms with Crippen LogP contribution in [0.15, 0.2) is 65.8 Å². The van der Waals surface area contributed by atoms with Crippen molar-refractivity contribution >= 4 is 34.7 Å². The van der Waals surface area contributed by atoms with Gasteiger partial charge in [-0.2, -0.15) is 4.98 Å². The molecule has 0 aliphatic heterocycles. The van der Waals surface area contributed by atoms with Gasteiger partial charge in [0.25, 0.3) is 6.01 Å². The maximum Gasteiger partial charge on any atom is 0.316 e. The number of hydrogen-bond donors (Lipinski definition) is 2. The van der Waals surface area contributed by atoms with E-state index < -0.39 is 0 Å². The van der Waals surface area contributed by atoms with Crippen molar-refractivity contribution in [3.8, 4) is 6.01 Å². The van der Waals surface area contributed by atoms with Gasteiger partial charge in [-0.1, -0.05) is 72.4 Å². The molecule has 0 aliphatic rings. The lowest BCUT2D eigenvalue weighted by Gasteiger charge is -2.07. The lowest BCUT2D eigenvalue weighted by molar-refractivity contribution is -0.141. The molecule has 0 unspecified atom stereocenters. The van der Waals surface area contributed by atoms with E-state index in [-0.39, 0.29) is 30.2 Å². The third kappa shape index (κ3) is 4.52. The third-order valence-electron chi connectivity index (χ3n) is 4.33. The van der Waals surface area contributed by atoms with E-state index in [4.69, 9.17) is 10.5 Å². The number of aromatic hydroxyl groups is 1. The first-order valence-corrected chi connectivity index (χ1v) is 10.2. The highest BCUT2D eigenvalue weighted by atomic mass is 32.2. The van der Waals surface area contributed by atoms with Gasteiger partial charge < -0.3 is 15.6 Å². The Balaban J connectivity index is 1.48. The molecule has 2 heterocycles. The molecule has 9 heteroatoms. The van der Waals surface area contributed by atoms with Crippen molar-refractivity contribution < 1.29 is 14.6 Å². The van der Waals surface area contributed by atoms with E-state index in [1.54, 1.807) is 4.57 Å². The Labute approximate surface area is 176 Å². The SMILES string of the molecule is Nc1nc(SCC(=O)OCc2ccccc2)nc2c1nc(O)n2Cc1ccccc1. The van der Waals surface area contributed by atoms with E-state index >= 15 is 0 Å². The van der Waals surface area contributed by atoms with Gasteiger partial charge in [0.05, 0.1) is 12.3 Å². The van der Waals surface area contributed by atoms with E-state index in [1.165, 1.54) is 0 Å². The van der Waals surface area contributed by atoms with Crippen molar-refractivity contribution in [2.45, 2.75) is 18.3 Å². The van der Waals surface area contributed by atoms with Crippen LogP contribution in [0, 0.1) is 0 Å². The Kier molecular flexibility index (Phi) is 5.80. The maximum atomic E-state index is 12.1. The smallest absolute Gasteiger partial charge is 0.316 e. The van der Waals surface area contributed by atoms with Crippen LogP contribution in [0.4, 0.5) is 5.82 Å². The molecule has 0 aliphatic carbocycles. The minimum Gasteiger partial charge on any atom is -0.480 e. The molecule has 2 aromatic carbocycles. The summed E-state index contributed by atoms with van der Waals surface area (Å²) in [4.78, 5) is 24.8. The molecule has 4 rings (SSSR count). The number of anilines is 1. The molecule has 0 atom stereocenters. The molecule has 3 N–H and O–H groups in total. The molecule has 0 saturated heterocycles. The molecule has 0 bridgehead atoms. The zero-order chi connectivity index (χ0) is 20.9. The van der Waals surface area contributed by atoms with Gasteiger partial charge in [0.15, 0.2) is 22.1 Å². The summed E-state index contributed by atoms with van der Waals surface area (Å²) in [7, 11) is 0. The second-order valence-corrected chi connectivity index (χ2v) is 7.42. The Bertz CT molecular complexity index is 1170. The zero-order valence-corrected chi connectivity index (χ0v) is 16.7. The molecule has 8 nitrogen and oxygen atoms in total. The Morgan fingerprint density at radius 2 is 1.67 bits per heavy atom. The zero-order valence-electron chi connectivity index (χ0n) is 15.9. The van der Waals surface area contributed by atoms with Gasteiger partial charge in [-0.15, -0.1) is 0 Å². The van der Waals surface area contributed by atoms with Crippen molar-refractivity contribution in [3.63, 3.8) is 0 Å². The molecule has 4 aromatic rings. The van der Waals surface area contributed by atoms with Crippen LogP contribution in [0.5, 0.6) is 6.01 Å². The number of carbonyl (C=O) groups excluding carboxylic acids is 1. The van der Waals surface area contributed by atoms with Crippen molar-refractivity contribution in [1.29, 1.82) is 0 Å². The first-order chi connectivity index (χ1) is 14.6. The van der Waals surface area contributed by atoms with Gasteiger partial charge in [0, 0.05) is 0 Å². The van der Waals surface area contributed by atoms with Crippen LogP contribution in [-0.2, 0) is 22.7 Å². The summed E-state index contributed by atoms with van der Waals surface area (Å²) in [6.07, 6.45) is 0. The number of carbonyl (C=O) groups is 1. The predicted octanol–water partition coefficient (Wildman–Crippen LogP) is 3.00. The van der Waals surface area contributed by atoms with Crippen molar-refractivity contribution in [3.05, 3.63) is 71.8 Å². The Morgan fingerprint density at radius 1 is 1.00 bits per heavy atom. The number of fused-ring (bicyclic) bond motifs is 1. The number of imidazole rings is 1. The van der Waals surface area contributed by atoms with Gasteiger partial charge in [-0.3, -0.25) is 9.36 Å². The summed E-state index contributed by atoms with van der Waals surface area (Å²) in [5, 5.41) is 10.6. The summed E-state index contributed by atoms with van der Waals surface area (Å²) >= 11 is 1.12. The van der Waals surface area contributed by atoms with Crippen LogP contribution >= 0.6 is 11.8 Å². The Morgan fingerprint density at radius 3 is 2.37 bits per heavy atom. The number of esters is 1. The van der Waals surface area contributed by atoms with E-state index in [0.717, 1.165) is 22.9 Å². The summed E-state index contributed by atoms with van der Waals surface area (Å²) in [5.41, 5.74) is 8.62. The van der Waals surface area contributed by atoms with Gasteiger partial charge in [-0.25, -0.2) is 9.97 Å². The number of nitrogens with zero attached hydrogens (tertiary/aromatic N) is 4. The van der Waals surface area contributed by atoms with Gasteiger partial charge in [0.2, 0.25) is 0 Å². The summed E-state index contributed by atoms with van der Waals surface area (Å²) in [6.45, 7) is 0.586. The second kappa shape index (κ2) is 8.83. The number of ether oxygens (including phenoxy) is 1. The molecule has 152 valence electrons. The van der Waals surface area contributed by atoms with Gasteiger partial charge in [-0.05, 0) is 11.1 Å². The first-order valence-electron chi connectivity index (χ1n) is 9.19. The fourth-order valence-corrected chi connectivity index (χ4v) is 3.51. The number of hydrogen-bond acceptors (Lipinski definition) is 8. The molecule has 0 fully saturated rings. The predicted molar refractivity (Wildman–Crippen MR) is 114 cm³/mol. The lowest BCUT2D eigenvalue weighted by atomic mass is 10.2. The number of aromatic nitrogens is 4. The topological polar surface area (TPSA) is 116 Å². The summed E-state index contributed by atoms with van der Waals surface area (Å²) in [5.74, 6) is -0.203. The molecule has 0 radical (unpaired) electrons. The van der Waals surface area contributed by atoms with Gasteiger partial charge >= 0.3 is 5.97 Å². The minimum absolute atomic E-state index is 0.0383. The number of thioether (sulfide) groups is 1. The van der Waals surface area contributed by atoms with Crippen LogP contribution in [0.25, 0.3) is 11.2 Å². The third-order valence-corrected chi connectivity index (χ3v) is 5.15. The number of nitrogen functional groups attached to an aromatic ring is 1. The molecule has 2 aromatic heterocycles. The molecular weight excluding hydrogens is 402 g/mol. The van der Waals surface area contributed by atoms with Crippen LogP contribution in [0.3, 0.4) is 0 Å². The van der Waals surface area contributed by atoms with Crippen molar-refractivity contribution in [2.24, 2.45) is 0 Å². The molecule has 0 spiro atoms. The van der Waals surface area contributed by atoms with Gasteiger partial charge in [0.1, 0.15) is 6.61 Å². The van der Waals surface area contributed by atoms with E-state index in [0.29, 0.717) is 22.9 Å². The fraction of sp³-hybridized carbons (Fsp3) is 0.143. The van der Waals surface area contributed by atoms with E-state index in [2.05, 4.69) is 15.0 Å². The number of benzene rings is 2. The monoisotopic (exact) mass is 421 g/mol. The molecule has 0 amide bonds. The quantitative estimate of drug-likeness (QED) is 0.266. The van der Waals surface area contributed by atoms with Crippen LogP contribution in [0.2, 0.25) is 0 Å². The summed E-state index contributed by atoms with van der Waals surface area (Å²) in [6, 6.07) is 18.9. The van der Waals surface area contributed by atoms with Crippen LogP contribution < -0.4 is 5.73 Å². The van der Waals surface area contributed by atoms with Crippen LogP contribution in [0.1, 0.15) is 11.1 Å². The normalized spacial score (nSPS) is 10.9. The molecule has 30 heavy (non-hydrogen) atoms. The minimum atomic E-state index is -0.383. The standard InChI is InChI=1S/C21H19N5O3S/c22-18-17-19(26(21(28)23-17)11-14-7-3-1-4-8-14)25-20(24-18)30-13-16(27)29-12-15-9-5-2-6-10-15/h1-10H,11-13H2,(H,23,28)(H2,22,24,25). The average molecular weight is 421 g/mol. The first kappa shape index (κ1) is 19.7. The molecular formula is C21H19N5O3S. The van der Waals surface area contributed by atoms with Crippen LogP contribution in [-0.4, -0.2) is 36.3 Å². The lowest BCUT2D eigenvalue weighted by Crippen LogP contribution is -2.08. The van der Waals surface area contributed by atoms with Crippen molar-refractivity contribution in [2.75, 3.05) is 11.5 Å². The van der Waals surface area contributed by atoms with E-state index in [1.807, 2.05) is 60.7 Å². The Hall–Kier alpha value is -3.59. The summed E-state index contributed by atoms with van der Waals surface area (Å²) < 4.78 is 6.83. The number of rotatable bonds is 7. The maximum absolute atomic E-state index is 12.1.